The molecule has 0 fully saturated rings. The highest BCUT2D eigenvalue weighted by atomic mass is 31.2. The fourth-order valence-electron chi connectivity index (χ4n) is 8.90. The van der Waals surface area contributed by atoms with E-state index < -0.39 is 157 Å². The van der Waals surface area contributed by atoms with Crippen LogP contribution in [0.25, 0.3) is 0 Å². The minimum absolute atomic E-state index is 0.461. The lowest BCUT2D eigenvalue weighted by Gasteiger charge is -2.35. The van der Waals surface area contributed by atoms with Gasteiger partial charge < -0.3 is 99.5 Å². The van der Waals surface area contributed by atoms with Gasteiger partial charge in [0.1, 0.15) is 18.3 Å². The summed E-state index contributed by atoms with van der Waals surface area (Å²) in [7, 11) is -4.73. The maximum Gasteiger partial charge on any atom is 0.481 e. The number of ether oxygens (including phenoxy) is 21. The molecule has 0 rings (SSSR count). The molecule has 26 heteroatoms. The number of rotatable bonds is 54. The maximum absolute atomic E-state index is 14.9. The number of phosphoric acid groups is 1. The summed E-state index contributed by atoms with van der Waals surface area (Å²) < 4.78 is 159. The minimum atomic E-state index is -4.73. The molecule has 500 valence electrons. The van der Waals surface area contributed by atoms with Crippen LogP contribution in [0.3, 0.4) is 0 Å². The van der Waals surface area contributed by atoms with Crippen molar-refractivity contribution in [2.75, 3.05) is 39.6 Å². The Bertz CT molecular complexity index is 1360. The molecule has 21 atom stereocenters. The van der Waals surface area contributed by atoms with Crippen LogP contribution in [-0.4, -0.2) is 189 Å². The van der Waals surface area contributed by atoms with Crippen molar-refractivity contribution in [2.24, 2.45) is 0 Å². The van der Waals surface area contributed by atoms with Crippen molar-refractivity contribution >= 4 is 7.82 Å². The third-order valence-corrected chi connectivity index (χ3v) is 13.5. The predicted molar refractivity (Wildman–Crippen MR) is 307 cm³/mol. The Hall–Kier alpha value is -0.730. The Morgan fingerprint density at radius 3 is 0.506 bits per heavy atom. The second-order valence-electron chi connectivity index (χ2n) is 19.7. The van der Waals surface area contributed by atoms with Crippen LogP contribution < -0.4 is 0 Å². The number of hydrogen-bond acceptors (Lipinski definition) is 25. The Labute approximate surface area is 499 Å². The molecule has 0 spiro atoms. The standard InChI is InChI=1S/C57H117O25P/c1-28-59-40(13)65-34(7)55(35(8)66-41(14)60-29-2)77-49(22)71-46(19)74-52(25)80-83(58,81-53(26)75-47(20)72-50(23)78-56(36(9)67-42(15)61-30-3)37(10)68-43(16)62-31-4)82-54(27)76-48(21)73-51(24)79-57(38(11)69-44(17)63-32-5)39(12)70-45(18)64-33-6/h34-57H,28-33H2,1-27H3. The van der Waals surface area contributed by atoms with Gasteiger partial charge in [-0.1, -0.05) is 0 Å². The van der Waals surface area contributed by atoms with E-state index >= 15 is 0 Å². The minimum Gasteiger partial charge on any atom is -0.353 e. The first-order valence-electron chi connectivity index (χ1n) is 30.0. The molecule has 0 bridgehead atoms. The molecule has 0 saturated carbocycles. The second kappa shape index (κ2) is 45.5. The molecule has 0 heterocycles. The number of hydrogen-bond donors (Lipinski definition) is 0. The van der Waals surface area contributed by atoms with Gasteiger partial charge in [-0.3, -0.25) is 13.6 Å². The molecule has 0 aliphatic rings. The highest BCUT2D eigenvalue weighted by Gasteiger charge is 2.39. The van der Waals surface area contributed by atoms with Crippen molar-refractivity contribution in [3.63, 3.8) is 0 Å². The summed E-state index contributed by atoms with van der Waals surface area (Å²) >= 11 is 0. The van der Waals surface area contributed by atoms with Crippen molar-refractivity contribution in [2.45, 2.75) is 336 Å². The van der Waals surface area contributed by atoms with E-state index in [1.165, 1.54) is 20.8 Å². The van der Waals surface area contributed by atoms with E-state index in [4.69, 9.17) is 113 Å². The average Bonchev–Trinajstić information content (AvgIpc) is 3.44. The van der Waals surface area contributed by atoms with Crippen molar-refractivity contribution in [1.29, 1.82) is 0 Å². The molecule has 0 aromatic rings. The molecule has 0 aromatic carbocycles. The van der Waals surface area contributed by atoms with Crippen LogP contribution >= 0.6 is 7.82 Å². The quantitative estimate of drug-likeness (QED) is 0.0406. The van der Waals surface area contributed by atoms with Crippen LogP contribution in [0.5, 0.6) is 0 Å². The highest BCUT2D eigenvalue weighted by molar-refractivity contribution is 7.48. The lowest BCUT2D eigenvalue weighted by Crippen LogP contribution is -2.45. The summed E-state index contributed by atoms with van der Waals surface area (Å²) in [5.74, 6) is 0. The average molecular weight is 1230 g/mol. The number of phosphoric ester groups is 1. The largest absolute Gasteiger partial charge is 0.481 e. The first kappa shape index (κ1) is 82.3. The molecular weight excluding hydrogens is 1120 g/mol. The zero-order chi connectivity index (χ0) is 63.6. The molecule has 0 aromatic heterocycles. The van der Waals surface area contributed by atoms with Crippen molar-refractivity contribution in [3.05, 3.63) is 0 Å². The van der Waals surface area contributed by atoms with Crippen molar-refractivity contribution in [1.82, 2.24) is 0 Å². The van der Waals surface area contributed by atoms with Gasteiger partial charge in [-0.25, -0.2) is 4.57 Å². The zero-order valence-electron chi connectivity index (χ0n) is 55.8. The molecule has 25 nitrogen and oxygen atoms in total. The molecule has 0 radical (unpaired) electrons. The van der Waals surface area contributed by atoms with E-state index in [-0.39, 0.29) is 0 Å². The van der Waals surface area contributed by atoms with E-state index in [9.17, 15) is 4.57 Å². The fourth-order valence-corrected chi connectivity index (χ4v) is 10.3. The highest BCUT2D eigenvalue weighted by Crippen LogP contribution is 2.53. The first-order valence-corrected chi connectivity index (χ1v) is 31.5. The SMILES string of the molecule is CCOC(C)OC(C)C(OC(C)OC(C)OC(C)OP(=O)(OC(C)OC(C)OC(C)OC(C(C)OC(C)OCC)C(C)OC(C)OCC)OC(C)OC(C)OC(C)OC(C(C)OC(C)OCC)C(C)OC(C)OCC)C(C)OC(C)OCC. The molecule has 0 aliphatic carbocycles. The van der Waals surface area contributed by atoms with Gasteiger partial charge in [0.05, 0.1) is 36.6 Å². The summed E-state index contributed by atoms with van der Waals surface area (Å²) in [5, 5.41) is 0. The second-order valence-corrected chi connectivity index (χ2v) is 21.2. The van der Waals surface area contributed by atoms with E-state index in [0.717, 1.165) is 0 Å². The predicted octanol–water partition coefficient (Wildman–Crippen LogP) is 11.2. The smallest absolute Gasteiger partial charge is 0.353 e. The van der Waals surface area contributed by atoms with Crippen molar-refractivity contribution in [3.8, 4) is 0 Å². The molecule has 0 N–H and O–H groups in total. The summed E-state index contributed by atoms with van der Waals surface area (Å²) in [6.45, 7) is 50.4. The molecule has 0 aliphatic heterocycles. The molecular formula is C57H117O25P. The van der Waals surface area contributed by atoms with Crippen LogP contribution in [-0.2, 0) is 118 Å². The van der Waals surface area contributed by atoms with Crippen molar-refractivity contribution < 1.29 is 118 Å². The van der Waals surface area contributed by atoms with Gasteiger partial charge >= 0.3 is 7.82 Å². The molecule has 0 amide bonds. The zero-order valence-corrected chi connectivity index (χ0v) is 56.6. The van der Waals surface area contributed by atoms with Gasteiger partial charge in [-0.15, -0.1) is 0 Å². The molecule has 0 saturated heterocycles. The monoisotopic (exact) mass is 1230 g/mol. The fraction of sp³-hybridized carbons (Fsp3) is 1.00. The van der Waals surface area contributed by atoms with Gasteiger partial charge in [0.15, 0.2) is 94.4 Å². The van der Waals surface area contributed by atoms with E-state index in [1.807, 2.05) is 83.1 Å². The van der Waals surface area contributed by atoms with Crippen LogP contribution in [0, 0.1) is 0 Å². The summed E-state index contributed by atoms with van der Waals surface area (Å²) in [4.78, 5) is 0. The van der Waals surface area contributed by atoms with Crippen LogP contribution in [0.15, 0.2) is 0 Å². The van der Waals surface area contributed by atoms with Gasteiger partial charge in [-0.05, 0) is 187 Å². The van der Waals surface area contributed by atoms with Gasteiger partial charge in [0, 0.05) is 39.6 Å². The molecule has 21 unspecified atom stereocenters. The normalized spacial score (nSPS) is 22.1. The van der Waals surface area contributed by atoms with Crippen LogP contribution in [0.4, 0.5) is 0 Å². The Kier molecular flexibility index (Phi) is 45.1. The van der Waals surface area contributed by atoms with Crippen LogP contribution in [0.1, 0.15) is 187 Å². The van der Waals surface area contributed by atoms with E-state index in [1.54, 1.807) is 83.1 Å². The lowest BCUT2D eigenvalue weighted by atomic mass is 10.1. The topological polar surface area (TPSA) is 239 Å². The van der Waals surface area contributed by atoms with Gasteiger partial charge in [0.25, 0.3) is 0 Å². The Balaban J connectivity index is 6.59. The maximum atomic E-state index is 14.9. The summed E-state index contributed by atoms with van der Waals surface area (Å²) in [6, 6.07) is 0. The first-order chi connectivity index (χ1) is 38.8. The van der Waals surface area contributed by atoms with E-state index in [2.05, 4.69) is 0 Å². The Morgan fingerprint density at radius 2 is 0.349 bits per heavy atom. The summed E-state index contributed by atoms with van der Waals surface area (Å²) in [6.07, 6.45) is -17.7. The summed E-state index contributed by atoms with van der Waals surface area (Å²) in [5.41, 5.74) is 0. The Morgan fingerprint density at radius 1 is 0.205 bits per heavy atom. The van der Waals surface area contributed by atoms with E-state index in [0.29, 0.717) is 39.6 Å². The van der Waals surface area contributed by atoms with Gasteiger partial charge in [-0.2, -0.15) is 0 Å². The lowest BCUT2D eigenvalue weighted by molar-refractivity contribution is -0.311. The third kappa shape index (κ3) is 37.8. The molecule has 83 heavy (non-hydrogen) atoms. The van der Waals surface area contributed by atoms with Gasteiger partial charge in [0.2, 0.25) is 0 Å². The third-order valence-electron chi connectivity index (χ3n) is 11.8. The van der Waals surface area contributed by atoms with Crippen LogP contribution in [0.2, 0.25) is 0 Å².